The summed E-state index contributed by atoms with van der Waals surface area (Å²) in [6.07, 6.45) is 0.581. The molecule has 3 rings (SSSR count). The second kappa shape index (κ2) is 7.12. The highest BCUT2D eigenvalue weighted by Crippen LogP contribution is 2.24. The van der Waals surface area contributed by atoms with Crippen LogP contribution in [0.2, 0.25) is 0 Å². The molecular formula is C18H18N4O3. The van der Waals surface area contributed by atoms with Crippen molar-refractivity contribution in [2.24, 2.45) is 0 Å². The summed E-state index contributed by atoms with van der Waals surface area (Å²) in [5, 5.41) is 18.1. The lowest BCUT2D eigenvalue weighted by molar-refractivity contribution is -0.385. The maximum Gasteiger partial charge on any atom is 0.272 e. The first kappa shape index (κ1) is 16.6. The van der Waals surface area contributed by atoms with Crippen LogP contribution in [0, 0.1) is 17.0 Å². The predicted molar refractivity (Wildman–Crippen MR) is 93.4 cm³/mol. The molecule has 0 saturated heterocycles. The van der Waals surface area contributed by atoms with Gasteiger partial charge in [0.05, 0.1) is 17.4 Å². The third kappa shape index (κ3) is 4.00. The number of nitro benzene ring substituents is 1. The van der Waals surface area contributed by atoms with Crippen LogP contribution in [-0.2, 0) is 6.42 Å². The number of rotatable bonds is 6. The van der Waals surface area contributed by atoms with Gasteiger partial charge in [0.2, 0.25) is 5.89 Å². The molecule has 0 spiro atoms. The van der Waals surface area contributed by atoms with E-state index in [-0.39, 0.29) is 11.7 Å². The van der Waals surface area contributed by atoms with E-state index in [4.69, 9.17) is 4.52 Å². The molecule has 0 fully saturated rings. The van der Waals surface area contributed by atoms with Gasteiger partial charge in [-0.3, -0.25) is 10.1 Å². The zero-order valence-corrected chi connectivity index (χ0v) is 14.0. The number of anilines is 1. The summed E-state index contributed by atoms with van der Waals surface area (Å²) < 4.78 is 5.31. The summed E-state index contributed by atoms with van der Waals surface area (Å²) in [7, 11) is 0. The second-order valence-electron chi connectivity index (χ2n) is 5.83. The minimum absolute atomic E-state index is 0.0999. The van der Waals surface area contributed by atoms with Gasteiger partial charge in [-0.1, -0.05) is 35.5 Å². The van der Waals surface area contributed by atoms with Crippen LogP contribution in [0.3, 0.4) is 0 Å². The molecule has 1 N–H and O–H groups in total. The third-order valence-electron chi connectivity index (χ3n) is 3.85. The molecule has 7 nitrogen and oxygen atoms in total. The summed E-state index contributed by atoms with van der Waals surface area (Å²) in [6, 6.07) is 14.6. The number of nitrogens with zero attached hydrogens (tertiary/aromatic N) is 3. The Hall–Kier alpha value is -3.22. The van der Waals surface area contributed by atoms with Gasteiger partial charge < -0.3 is 9.84 Å². The van der Waals surface area contributed by atoms with Gasteiger partial charge in [0.15, 0.2) is 5.82 Å². The fraction of sp³-hybridized carbons (Fsp3) is 0.222. The first-order valence-corrected chi connectivity index (χ1v) is 7.91. The van der Waals surface area contributed by atoms with E-state index in [0.29, 0.717) is 23.7 Å². The van der Waals surface area contributed by atoms with Gasteiger partial charge in [0, 0.05) is 17.3 Å². The van der Waals surface area contributed by atoms with Gasteiger partial charge >= 0.3 is 0 Å². The molecule has 0 saturated carbocycles. The van der Waals surface area contributed by atoms with Crippen molar-refractivity contribution in [1.82, 2.24) is 10.1 Å². The smallest absolute Gasteiger partial charge is 0.272 e. The Morgan fingerprint density at radius 1 is 1.24 bits per heavy atom. The third-order valence-corrected chi connectivity index (χ3v) is 3.85. The van der Waals surface area contributed by atoms with Gasteiger partial charge in [-0.25, -0.2) is 0 Å². The Morgan fingerprint density at radius 3 is 2.68 bits per heavy atom. The van der Waals surface area contributed by atoms with Crippen LogP contribution in [-0.4, -0.2) is 15.1 Å². The van der Waals surface area contributed by atoms with Crippen LogP contribution in [0.15, 0.2) is 53.1 Å². The second-order valence-corrected chi connectivity index (χ2v) is 5.83. The minimum Gasteiger partial charge on any atom is -0.375 e. The van der Waals surface area contributed by atoms with E-state index in [2.05, 4.69) is 15.5 Å². The topological polar surface area (TPSA) is 94.1 Å². The van der Waals surface area contributed by atoms with E-state index in [1.165, 1.54) is 6.07 Å². The maximum atomic E-state index is 10.9. The Bertz CT molecular complexity index is 877. The molecule has 25 heavy (non-hydrogen) atoms. The van der Waals surface area contributed by atoms with Gasteiger partial charge in [-0.2, -0.15) is 4.98 Å². The molecule has 0 amide bonds. The zero-order chi connectivity index (χ0) is 17.8. The molecule has 0 radical (unpaired) electrons. The van der Waals surface area contributed by atoms with Crippen LogP contribution in [0.5, 0.6) is 0 Å². The zero-order valence-electron chi connectivity index (χ0n) is 14.0. The van der Waals surface area contributed by atoms with Crippen molar-refractivity contribution >= 4 is 11.4 Å². The lowest BCUT2D eigenvalue weighted by Gasteiger charge is -2.12. The molecule has 0 bridgehead atoms. The average Bonchev–Trinajstić information content (AvgIpc) is 3.04. The highest BCUT2D eigenvalue weighted by molar-refractivity contribution is 5.54. The SMILES string of the molecule is Cc1cc(NC(C)c2noc(Cc3ccccc3)n2)ccc1[N+](=O)[O-]. The highest BCUT2D eigenvalue weighted by atomic mass is 16.6. The molecule has 1 aromatic heterocycles. The number of hydrogen-bond acceptors (Lipinski definition) is 6. The Labute approximate surface area is 144 Å². The van der Waals surface area contributed by atoms with Crippen LogP contribution >= 0.6 is 0 Å². The quantitative estimate of drug-likeness (QED) is 0.538. The van der Waals surface area contributed by atoms with E-state index < -0.39 is 4.92 Å². The molecule has 128 valence electrons. The Morgan fingerprint density at radius 2 is 2.00 bits per heavy atom. The Balaban J connectivity index is 1.68. The standard InChI is InChI=1S/C18H18N4O3/c1-12-10-15(8-9-16(12)22(23)24)19-13(2)18-20-17(25-21-18)11-14-6-4-3-5-7-14/h3-10,13,19H,11H2,1-2H3. The van der Waals surface area contributed by atoms with Crippen molar-refractivity contribution in [3.05, 3.63) is 81.5 Å². The van der Waals surface area contributed by atoms with E-state index in [1.807, 2.05) is 37.3 Å². The minimum atomic E-state index is -0.391. The van der Waals surface area contributed by atoms with E-state index in [0.717, 1.165) is 11.3 Å². The molecule has 0 aliphatic heterocycles. The summed E-state index contributed by atoms with van der Waals surface area (Å²) >= 11 is 0. The number of aryl methyl sites for hydroxylation is 1. The Kier molecular flexibility index (Phi) is 4.74. The molecule has 0 aliphatic carbocycles. The number of nitro groups is 1. The molecule has 2 aromatic carbocycles. The van der Waals surface area contributed by atoms with Crippen molar-refractivity contribution in [3.63, 3.8) is 0 Å². The van der Waals surface area contributed by atoms with E-state index in [9.17, 15) is 10.1 Å². The van der Waals surface area contributed by atoms with Gasteiger partial charge in [0.25, 0.3) is 5.69 Å². The van der Waals surface area contributed by atoms with Crippen LogP contribution in [0.25, 0.3) is 0 Å². The summed E-state index contributed by atoms with van der Waals surface area (Å²) in [4.78, 5) is 14.9. The van der Waals surface area contributed by atoms with Crippen LogP contribution in [0.4, 0.5) is 11.4 Å². The van der Waals surface area contributed by atoms with Gasteiger partial charge in [-0.15, -0.1) is 0 Å². The summed E-state index contributed by atoms with van der Waals surface area (Å²) in [6.45, 7) is 3.62. The lowest BCUT2D eigenvalue weighted by atomic mass is 10.1. The van der Waals surface area contributed by atoms with E-state index in [1.54, 1.807) is 19.1 Å². The molecule has 0 aliphatic rings. The normalized spacial score (nSPS) is 11.9. The van der Waals surface area contributed by atoms with Crippen LogP contribution < -0.4 is 5.32 Å². The van der Waals surface area contributed by atoms with Gasteiger partial charge in [0.1, 0.15) is 0 Å². The summed E-state index contributed by atoms with van der Waals surface area (Å²) in [5.74, 6) is 1.09. The number of aromatic nitrogens is 2. The monoisotopic (exact) mass is 338 g/mol. The van der Waals surface area contributed by atoms with Crippen molar-refractivity contribution in [3.8, 4) is 0 Å². The molecule has 7 heteroatoms. The highest BCUT2D eigenvalue weighted by Gasteiger charge is 2.16. The number of hydrogen-bond donors (Lipinski definition) is 1. The van der Waals surface area contributed by atoms with Crippen molar-refractivity contribution < 1.29 is 9.45 Å². The predicted octanol–water partition coefficient (Wildman–Crippen LogP) is 4.05. The molecule has 1 atom stereocenters. The van der Waals surface area contributed by atoms with E-state index >= 15 is 0 Å². The largest absolute Gasteiger partial charge is 0.375 e. The van der Waals surface area contributed by atoms with Crippen molar-refractivity contribution in [2.45, 2.75) is 26.3 Å². The number of nitrogens with one attached hydrogen (secondary N) is 1. The molecule has 1 unspecified atom stereocenters. The fourth-order valence-electron chi connectivity index (χ4n) is 2.55. The van der Waals surface area contributed by atoms with Gasteiger partial charge in [-0.05, 0) is 31.5 Å². The molecule has 1 heterocycles. The van der Waals surface area contributed by atoms with Crippen molar-refractivity contribution in [1.29, 1.82) is 0 Å². The summed E-state index contributed by atoms with van der Waals surface area (Å²) in [5.41, 5.74) is 2.57. The molecular weight excluding hydrogens is 320 g/mol. The fourth-order valence-corrected chi connectivity index (χ4v) is 2.55. The first-order valence-electron chi connectivity index (χ1n) is 7.91. The average molecular weight is 338 g/mol. The number of benzene rings is 2. The van der Waals surface area contributed by atoms with Crippen LogP contribution in [0.1, 0.15) is 35.8 Å². The first-order chi connectivity index (χ1) is 12.0. The van der Waals surface area contributed by atoms with Crippen molar-refractivity contribution in [2.75, 3.05) is 5.32 Å². The maximum absolute atomic E-state index is 10.9. The molecule has 3 aromatic rings. The lowest BCUT2D eigenvalue weighted by Crippen LogP contribution is -2.09.